The number of nitrogens with one attached hydrogen (secondary N) is 2. The molecule has 1 aromatic rings. The van der Waals surface area contributed by atoms with Crippen molar-refractivity contribution in [3.05, 3.63) is 24.3 Å². The molecule has 0 aliphatic heterocycles. The molecular formula is C14H24N2O2S2. The van der Waals surface area contributed by atoms with E-state index in [1.807, 2.05) is 23.9 Å². The molecule has 0 amide bonds. The third-order valence-corrected chi connectivity index (χ3v) is 5.35. The van der Waals surface area contributed by atoms with E-state index in [2.05, 4.69) is 23.9 Å². The smallest absolute Gasteiger partial charge is 0.242 e. The Morgan fingerprint density at radius 2 is 1.95 bits per heavy atom. The lowest BCUT2D eigenvalue weighted by Crippen LogP contribution is -2.25. The number of thioether (sulfide) groups is 1. The lowest BCUT2D eigenvalue weighted by atomic mass is 10.2. The third-order valence-electron chi connectivity index (χ3n) is 2.81. The van der Waals surface area contributed by atoms with E-state index >= 15 is 0 Å². The van der Waals surface area contributed by atoms with Crippen molar-refractivity contribution in [3.63, 3.8) is 0 Å². The molecule has 0 aromatic heterocycles. The van der Waals surface area contributed by atoms with Crippen LogP contribution in [0.3, 0.4) is 0 Å². The van der Waals surface area contributed by atoms with Crippen molar-refractivity contribution in [1.29, 1.82) is 0 Å². The molecule has 0 fully saturated rings. The zero-order valence-electron chi connectivity index (χ0n) is 12.3. The van der Waals surface area contributed by atoms with Crippen LogP contribution in [0.1, 0.15) is 27.2 Å². The van der Waals surface area contributed by atoms with Crippen molar-refractivity contribution < 1.29 is 8.42 Å². The first-order valence-corrected chi connectivity index (χ1v) is 9.58. The molecule has 0 spiro atoms. The zero-order chi connectivity index (χ0) is 15.0. The van der Waals surface area contributed by atoms with Crippen LogP contribution in [0.25, 0.3) is 0 Å². The minimum absolute atomic E-state index is 0.243. The van der Waals surface area contributed by atoms with E-state index in [1.165, 1.54) is 0 Å². The maximum Gasteiger partial charge on any atom is 0.242 e. The fourth-order valence-corrected chi connectivity index (χ4v) is 3.85. The van der Waals surface area contributed by atoms with E-state index in [0.717, 1.165) is 17.9 Å². The molecule has 2 N–H and O–H groups in total. The summed E-state index contributed by atoms with van der Waals surface area (Å²) in [6.07, 6.45) is 1.01. The number of para-hydroxylation sites is 1. The first-order chi connectivity index (χ1) is 9.51. The number of benzene rings is 1. The maximum atomic E-state index is 12.1. The summed E-state index contributed by atoms with van der Waals surface area (Å²) >= 11 is 1.89. The van der Waals surface area contributed by atoms with Crippen LogP contribution < -0.4 is 10.0 Å². The summed E-state index contributed by atoms with van der Waals surface area (Å²) in [5, 5.41) is 3.30. The van der Waals surface area contributed by atoms with Crippen molar-refractivity contribution in [2.75, 3.05) is 23.4 Å². The topological polar surface area (TPSA) is 58.2 Å². The van der Waals surface area contributed by atoms with Crippen LogP contribution in [0.4, 0.5) is 5.69 Å². The monoisotopic (exact) mass is 316 g/mol. The van der Waals surface area contributed by atoms with Gasteiger partial charge in [-0.25, -0.2) is 13.1 Å². The minimum Gasteiger partial charge on any atom is -0.381 e. The van der Waals surface area contributed by atoms with E-state index in [4.69, 9.17) is 0 Å². The summed E-state index contributed by atoms with van der Waals surface area (Å²) in [5.74, 6) is 2.19. The van der Waals surface area contributed by atoms with Crippen molar-refractivity contribution in [3.8, 4) is 0 Å². The highest BCUT2D eigenvalue weighted by Gasteiger charge is 2.17. The van der Waals surface area contributed by atoms with E-state index < -0.39 is 10.0 Å². The van der Waals surface area contributed by atoms with Gasteiger partial charge in [0.1, 0.15) is 4.90 Å². The molecule has 0 aliphatic carbocycles. The Morgan fingerprint density at radius 1 is 1.25 bits per heavy atom. The molecule has 1 aromatic carbocycles. The van der Waals surface area contributed by atoms with Crippen LogP contribution >= 0.6 is 11.8 Å². The molecule has 0 aliphatic rings. The van der Waals surface area contributed by atoms with Crippen molar-refractivity contribution >= 4 is 27.5 Å². The SMILES string of the molecule is CCNS(=O)(=O)c1ccccc1NC(C)CCSCC. The second-order valence-corrected chi connectivity index (χ2v) is 7.66. The molecular weight excluding hydrogens is 292 g/mol. The van der Waals surface area contributed by atoms with Crippen molar-refractivity contribution in [2.45, 2.75) is 38.1 Å². The van der Waals surface area contributed by atoms with Crippen LogP contribution in [0.2, 0.25) is 0 Å². The lowest BCUT2D eigenvalue weighted by molar-refractivity contribution is 0.584. The molecule has 0 bridgehead atoms. The fraction of sp³-hybridized carbons (Fsp3) is 0.571. The van der Waals surface area contributed by atoms with Crippen LogP contribution in [0.15, 0.2) is 29.2 Å². The largest absolute Gasteiger partial charge is 0.381 e. The summed E-state index contributed by atoms with van der Waals surface area (Å²) in [4.78, 5) is 0.317. The molecule has 1 unspecified atom stereocenters. The number of hydrogen-bond donors (Lipinski definition) is 2. The van der Waals surface area contributed by atoms with Gasteiger partial charge in [-0.15, -0.1) is 0 Å². The van der Waals surface area contributed by atoms with Gasteiger partial charge in [0.15, 0.2) is 0 Å². The van der Waals surface area contributed by atoms with E-state index in [0.29, 0.717) is 17.1 Å². The summed E-state index contributed by atoms with van der Waals surface area (Å²) in [7, 11) is -3.43. The summed E-state index contributed by atoms with van der Waals surface area (Å²) in [6, 6.07) is 7.28. The summed E-state index contributed by atoms with van der Waals surface area (Å²) in [6.45, 7) is 6.38. The molecule has 20 heavy (non-hydrogen) atoms. The Labute approximate surface area is 126 Å². The van der Waals surface area contributed by atoms with Crippen LogP contribution in [-0.2, 0) is 10.0 Å². The second-order valence-electron chi connectivity index (χ2n) is 4.53. The quantitative estimate of drug-likeness (QED) is 0.688. The Morgan fingerprint density at radius 3 is 2.60 bits per heavy atom. The second kappa shape index (κ2) is 8.54. The van der Waals surface area contributed by atoms with Gasteiger partial charge in [-0.2, -0.15) is 11.8 Å². The Bertz CT molecular complexity index is 504. The van der Waals surface area contributed by atoms with Gasteiger partial charge in [0.2, 0.25) is 10.0 Å². The number of anilines is 1. The lowest BCUT2D eigenvalue weighted by Gasteiger charge is -2.18. The Kier molecular flexibility index (Phi) is 7.40. The van der Waals surface area contributed by atoms with Crippen molar-refractivity contribution in [1.82, 2.24) is 4.72 Å². The normalized spacial score (nSPS) is 13.2. The fourth-order valence-electron chi connectivity index (χ4n) is 1.83. The number of rotatable bonds is 9. The maximum absolute atomic E-state index is 12.1. The molecule has 114 valence electrons. The van der Waals surface area contributed by atoms with Crippen LogP contribution in [0.5, 0.6) is 0 Å². The van der Waals surface area contributed by atoms with E-state index in [-0.39, 0.29) is 6.04 Å². The average molecular weight is 316 g/mol. The van der Waals surface area contributed by atoms with Crippen molar-refractivity contribution in [2.24, 2.45) is 0 Å². The predicted molar refractivity (Wildman–Crippen MR) is 88.0 cm³/mol. The van der Waals surface area contributed by atoms with Gasteiger partial charge in [0.05, 0.1) is 5.69 Å². The highest BCUT2D eigenvalue weighted by Crippen LogP contribution is 2.22. The van der Waals surface area contributed by atoms with Gasteiger partial charge in [-0.1, -0.05) is 26.0 Å². The van der Waals surface area contributed by atoms with Gasteiger partial charge in [-0.05, 0) is 37.0 Å². The van der Waals surface area contributed by atoms with Gasteiger partial charge in [-0.3, -0.25) is 0 Å². The third kappa shape index (κ3) is 5.34. The first-order valence-electron chi connectivity index (χ1n) is 6.94. The standard InChI is InChI=1S/C14H24N2O2S2/c1-4-15-20(17,18)14-9-7-6-8-13(14)16-12(3)10-11-19-5-2/h6-9,12,15-16H,4-5,10-11H2,1-3H3. The summed E-state index contributed by atoms with van der Waals surface area (Å²) < 4.78 is 26.8. The first kappa shape index (κ1) is 17.3. The molecule has 1 atom stereocenters. The molecule has 0 radical (unpaired) electrons. The van der Waals surface area contributed by atoms with Crippen LogP contribution in [-0.4, -0.2) is 32.5 Å². The van der Waals surface area contributed by atoms with Gasteiger partial charge < -0.3 is 5.32 Å². The summed E-state index contributed by atoms with van der Waals surface area (Å²) in [5.41, 5.74) is 0.669. The molecule has 6 heteroatoms. The van der Waals surface area contributed by atoms with Gasteiger partial charge in [0, 0.05) is 12.6 Å². The van der Waals surface area contributed by atoms with Gasteiger partial charge >= 0.3 is 0 Å². The molecule has 0 saturated heterocycles. The predicted octanol–water partition coefficient (Wildman–Crippen LogP) is 2.93. The van der Waals surface area contributed by atoms with Gasteiger partial charge in [0.25, 0.3) is 0 Å². The molecule has 0 heterocycles. The minimum atomic E-state index is -3.43. The molecule has 4 nitrogen and oxygen atoms in total. The average Bonchev–Trinajstić information content (AvgIpc) is 2.39. The number of sulfonamides is 1. The van der Waals surface area contributed by atoms with E-state index in [9.17, 15) is 8.42 Å². The number of hydrogen-bond acceptors (Lipinski definition) is 4. The Balaban J connectivity index is 2.80. The highest BCUT2D eigenvalue weighted by atomic mass is 32.2. The van der Waals surface area contributed by atoms with Crippen LogP contribution in [0, 0.1) is 0 Å². The molecule has 0 saturated carbocycles. The highest BCUT2D eigenvalue weighted by molar-refractivity contribution is 7.99. The zero-order valence-corrected chi connectivity index (χ0v) is 14.0. The molecule has 1 rings (SSSR count). The van der Waals surface area contributed by atoms with E-state index in [1.54, 1.807) is 19.1 Å². The Hall–Kier alpha value is -0.720.